The number of halogens is 1. The van der Waals surface area contributed by atoms with Crippen molar-refractivity contribution in [3.05, 3.63) is 51.1 Å². The quantitative estimate of drug-likeness (QED) is 0.483. The van der Waals surface area contributed by atoms with Crippen molar-refractivity contribution in [2.75, 3.05) is 7.11 Å². The Morgan fingerprint density at radius 3 is 2.95 bits per heavy atom. The van der Waals surface area contributed by atoms with Gasteiger partial charge in [-0.15, -0.1) is 5.10 Å². The Morgan fingerprint density at radius 2 is 2.30 bits per heavy atom. The van der Waals surface area contributed by atoms with Crippen molar-refractivity contribution in [2.45, 2.75) is 6.54 Å². The molecule has 9 heteroatoms. The van der Waals surface area contributed by atoms with Crippen LogP contribution in [0.4, 0.5) is 5.69 Å². The van der Waals surface area contributed by atoms with Gasteiger partial charge in [-0.3, -0.25) is 10.1 Å². The molecule has 0 atom stereocenters. The van der Waals surface area contributed by atoms with E-state index in [1.54, 1.807) is 6.07 Å². The number of ether oxygens (including phenoxy) is 1. The summed E-state index contributed by atoms with van der Waals surface area (Å²) in [6, 6.07) is 4.38. The van der Waals surface area contributed by atoms with Gasteiger partial charge in [-0.05, 0) is 6.07 Å². The minimum absolute atomic E-state index is 0.0278. The van der Waals surface area contributed by atoms with Crippen LogP contribution in [0.25, 0.3) is 0 Å². The lowest BCUT2D eigenvalue weighted by molar-refractivity contribution is -0.385. The molecule has 2 aromatic rings. The molecule has 0 aliphatic heterocycles. The molecule has 2 rings (SSSR count). The molecule has 1 aromatic heterocycles. The lowest BCUT2D eigenvalue weighted by Crippen LogP contribution is -2.08. The van der Waals surface area contributed by atoms with E-state index >= 15 is 0 Å². The first-order chi connectivity index (χ1) is 9.52. The molecule has 0 aliphatic rings. The molecule has 0 saturated heterocycles. The number of nitro groups is 1. The number of hydrogen-bond donors (Lipinski definition) is 0. The largest absolute Gasteiger partial charge is 0.463 e. The molecule has 0 fully saturated rings. The van der Waals surface area contributed by atoms with Gasteiger partial charge in [0, 0.05) is 6.07 Å². The van der Waals surface area contributed by atoms with E-state index in [0.29, 0.717) is 5.56 Å². The zero-order valence-electron chi connectivity index (χ0n) is 10.3. The number of aromatic nitrogens is 3. The molecule has 20 heavy (non-hydrogen) atoms. The third-order valence-electron chi connectivity index (χ3n) is 2.52. The Kier molecular flexibility index (Phi) is 3.94. The summed E-state index contributed by atoms with van der Waals surface area (Å²) in [5, 5.41) is 15.1. The average molecular weight is 297 g/mol. The standard InChI is InChI=1S/C11H9ClN4O4/c1-20-11(17)10-13-6-15(14-10)5-7-8(12)3-2-4-9(7)16(18)19/h2-4,6H,5H2,1H3. The predicted molar refractivity (Wildman–Crippen MR) is 68.6 cm³/mol. The highest BCUT2D eigenvalue weighted by molar-refractivity contribution is 6.31. The molecule has 0 bridgehead atoms. The number of carbonyl (C=O) groups excluding carboxylic acids is 1. The highest BCUT2D eigenvalue weighted by Crippen LogP contribution is 2.26. The number of rotatable bonds is 4. The van der Waals surface area contributed by atoms with Crippen LogP contribution < -0.4 is 0 Å². The molecule has 0 N–H and O–H groups in total. The fourth-order valence-electron chi connectivity index (χ4n) is 1.59. The molecular weight excluding hydrogens is 288 g/mol. The first kappa shape index (κ1) is 13.9. The zero-order valence-corrected chi connectivity index (χ0v) is 11.1. The van der Waals surface area contributed by atoms with E-state index in [4.69, 9.17) is 11.6 Å². The van der Waals surface area contributed by atoms with Crippen LogP contribution in [-0.4, -0.2) is 32.8 Å². The Bertz CT molecular complexity index is 670. The van der Waals surface area contributed by atoms with E-state index < -0.39 is 10.9 Å². The molecule has 0 spiro atoms. The van der Waals surface area contributed by atoms with E-state index in [2.05, 4.69) is 14.8 Å². The minimum Gasteiger partial charge on any atom is -0.463 e. The van der Waals surface area contributed by atoms with Crippen LogP contribution in [0.1, 0.15) is 16.2 Å². The number of methoxy groups -OCH3 is 1. The van der Waals surface area contributed by atoms with Crippen LogP contribution in [0.3, 0.4) is 0 Å². The van der Waals surface area contributed by atoms with E-state index in [-0.39, 0.29) is 23.1 Å². The molecule has 8 nitrogen and oxygen atoms in total. The number of nitro benzene ring substituents is 1. The van der Waals surface area contributed by atoms with Crippen molar-refractivity contribution in [1.29, 1.82) is 0 Å². The average Bonchev–Trinajstić information content (AvgIpc) is 2.88. The lowest BCUT2D eigenvalue weighted by Gasteiger charge is -2.04. The van der Waals surface area contributed by atoms with Gasteiger partial charge >= 0.3 is 5.97 Å². The highest BCUT2D eigenvalue weighted by Gasteiger charge is 2.18. The van der Waals surface area contributed by atoms with Gasteiger partial charge < -0.3 is 4.74 Å². The summed E-state index contributed by atoms with van der Waals surface area (Å²) in [5.41, 5.74) is 0.174. The minimum atomic E-state index is -0.683. The number of benzene rings is 1. The summed E-state index contributed by atoms with van der Waals surface area (Å²) >= 11 is 5.96. The van der Waals surface area contributed by atoms with Crippen molar-refractivity contribution >= 4 is 23.3 Å². The maximum absolute atomic E-state index is 11.2. The topological polar surface area (TPSA) is 100 Å². The molecule has 0 aliphatic carbocycles. The Morgan fingerprint density at radius 1 is 1.55 bits per heavy atom. The third kappa shape index (κ3) is 2.75. The molecule has 0 unspecified atom stereocenters. The van der Waals surface area contributed by atoms with Gasteiger partial charge in [-0.2, -0.15) is 0 Å². The first-order valence-corrected chi connectivity index (χ1v) is 5.80. The van der Waals surface area contributed by atoms with Crippen molar-refractivity contribution in [3.8, 4) is 0 Å². The Hall–Kier alpha value is -2.48. The second kappa shape index (κ2) is 5.66. The summed E-state index contributed by atoms with van der Waals surface area (Å²) in [7, 11) is 1.21. The summed E-state index contributed by atoms with van der Waals surface area (Å²) in [6.45, 7) is 0.0278. The molecule has 0 saturated carbocycles. The van der Waals surface area contributed by atoms with E-state index in [1.165, 1.54) is 30.3 Å². The maximum Gasteiger partial charge on any atom is 0.377 e. The van der Waals surface area contributed by atoms with Crippen LogP contribution in [0.2, 0.25) is 5.02 Å². The van der Waals surface area contributed by atoms with Crippen molar-refractivity contribution in [2.24, 2.45) is 0 Å². The fraction of sp³-hybridized carbons (Fsp3) is 0.182. The maximum atomic E-state index is 11.2. The summed E-state index contributed by atoms with van der Waals surface area (Å²) in [6.07, 6.45) is 1.28. The molecule has 1 aromatic carbocycles. The van der Waals surface area contributed by atoms with Crippen LogP contribution in [0.5, 0.6) is 0 Å². The molecule has 0 radical (unpaired) electrons. The van der Waals surface area contributed by atoms with Crippen LogP contribution in [-0.2, 0) is 11.3 Å². The molecule has 104 valence electrons. The normalized spacial score (nSPS) is 10.3. The second-order valence-electron chi connectivity index (χ2n) is 3.75. The summed E-state index contributed by atoms with van der Waals surface area (Å²) in [5.74, 6) is -0.806. The van der Waals surface area contributed by atoms with Crippen molar-refractivity contribution in [3.63, 3.8) is 0 Å². The van der Waals surface area contributed by atoms with E-state index in [0.717, 1.165) is 0 Å². The Balaban J connectivity index is 2.33. The SMILES string of the molecule is COC(=O)c1ncn(Cc2c(Cl)cccc2[N+](=O)[O-])n1. The van der Waals surface area contributed by atoms with Gasteiger partial charge in [0.15, 0.2) is 0 Å². The van der Waals surface area contributed by atoms with Crippen molar-refractivity contribution < 1.29 is 14.5 Å². The number of hydrogen-bond acceptors (Lipinski definition) is 6. The van der Waals surface area contributed by atoms with Gasteiger partial charge in [0.2, 0.25) is 0 Å². The molecule has 1 heterocycles. The van der Waals surface area contributed by atoms with Gasteiger partial charge in [0.25, 0.3) is 11.5 Å². The van der Waals surface area contributed by atoms with Crippen LogP contribution >= 0.6 is 11.6 Å². The lowest BCUT2D eigenvalue weighted by atomic mass is 10.2. The van der Waals surface area contributed by atoms with Crippen LogP contribution in [0, 0.1) is 10.1 Å². The monoisotopic (exact) mass is 296 g/mol. The number of esters is 1. The zero-order chi connectivity index (χ0) is 14.7. The smallest absolute Gasteiger partial charge is 0.377 e. The first-order valence-electron chi connectivity index (χ1n) is 5.42. The van der Waals surface area contributed by atoms with Gasteiger partial charge in [-0.1, -0.05) is 17.7 Å². The van der Waals surface area contributed by atoms with Crippen molar-refractivity contribution in [1.82, 2.24) is 14.8 Å². The summed E-state index contributed by atoms with van der Waals surface area (Å²) in [4.78, 5) is 25.4. The van der Waals surface area contributed by atoms with Crippen LogP contribution in [0.15, 0.2) is 24.5 Å². The van der Waals surface area contributed by atoms with Gasteiger partial charge in [-0.25, -0.2) is 14.5 Å². The second-order valence-corrected chi connectivity index (χ2v) is 4.16. The predicted octanol–water partition coefficient (Wildman–Crippen LogP) is 1.67. The van der Waals surface area contributed by atoms with E-state index in [1.807, 2.05) is 0 Å². The van der Waals surface area contributed by atoms with Gasteiger partial charge in [0.1, 0.15) is 6.33 Å². The van der Waals surface area contributed by atoms with Gasteiger partial charge in [0.05, 0.1) is 29.2 Å². The Labute approximate surface area is 118 Å². The third-order valence-corrected chi connectivity index (χ3v) is 2.87. The highest BCUT2D eigenvalue weighted by atomic mass is 35.5. The van der Waals surface area contributed by atoms with E-state index in [9.17, 15) is 14.9 Å². The number of nitrogens with zero attached hydrogens (tertiary/aromatic N) is 4. The molecular formula is C11H9ClN4O4. The number of carbonyl (C=O) groups is 1. The summed E-state index contributed by atoms with van der Waals surface area (Å²) < 4.78 is 5.75. The molecule has 0 amide bonds. The fourth-order valence-corrected chi connectivity index (χ4v) is 1.82.